The van der Waals surface area contributed by atoms with E-state index in [9.17, 15) is 4.79 Å². The molecule has 0 saturated heterocycles. The Morgan fingerprint density at radius 2 is 2.17 bits per heavy atom. The highest BCUT2D eigenvalue weighted by atomic mass is 16.5. The fourth-order valence-corrected chi connectivity index (χ4v) is 1.83. The molecule has 1 amide bonds. The number of methoxy groups -OCH3 is 1. The van der Waals surface area contributed by atoms with Crippen molar-refractivity contribution in [2.24, 2.45) is 0 Å². The molecule has 0 aromatic carbocycles. The smallest absolute Gasteiger partial charge is 0.272 e. The van der Waals surface area contributed by atoms with Gasteiger partial charge in [0.05, 0.1) is 23.5 Å². The minimum absolute atomic E-state index is 0.225. The summed E-state index contributed by atoms with van der Waals surface area (Å²) in [4.78, 5) is 12.2. The van der Waals surface area contributed by atoms with Gasteiger partial charge < -0.3 is 15.8 Å². The summed E-state index contributed by atoms with van der Waals surface area (Å²) in [6.45, 7) is 8.53. The summed E-state index contributed by atoms with van der Waals surface area (Å²) >= 11 is 0. The largest absolute Gasteiger partial charge is 0.395 e. The van der Waals surface area contributed by atoms with Crippen LogP contribution in [0.15, 0.2) is 0 Å². The SMILES string of the molecule is CCn1nc(C)c(N)c1C(=O)NC(C)(C)COC. The molecule has 0 saturated carbocycles. The van der Waals surface area contributed by atoms with Crippen molar-refractivity contribution in [3.05, 3.63) is 11.4 Å². The number of ether oxygens (including phenoxy) is 1. The number of nitrogens with two attached hydrogens (primary N) is 1. The Labute approximate surface area is 107 Å². The van der Waals surface area contributed by atoms with E-state index in [2.05, 4.69) is 10.4 Å². The molecular formula is C12H22N4O2. The van der Waals surface area contributed by atoms with E-state index in [1.807, 2.05) is 20.8 Å². The molecule has 1 rings (SSSR count). The molecule has 1 heterocycles. The maximum absolute atomic E-state index is 12.2. The fraction of sp³-hybridized carbons (Fsp3) is 0.667. The molecule has 0 unspecified atom stereocenters. The third-order valence-corrected chi connectivity index (χ3v) is 2.65. The van der Waals surface area contributed by atoms with E-state index >= 15 is 0 Å². The number of hydrogen-bond donors (Lipinski definition) is 2. The molecule has 0 spiro atoms. The molecule has 0 bridgehead atoms. The fourth-order valence-electron chi connectivity index (χ4n) is 1.83. The normalized spacial score (nSPS) is 11.6. The second-order valence-electron chi connectivity index (χ2n) is 4.93. The number of anilines is 1. The van der Waals surface area contributed by atoms with Gasteiger partial charge in [0, 0.05) is 13.7 Å². The molecule has 0 aliphatic carbocycles. The molecule has 0 fully saturated rings. The summed E-state index contributed by atoms with van der Waals surface area (Å²) in [6, 6.07) is 0. The van der Waals surface area contributed by atoms with Gasteiger partial charge >= 0.3 is 0 Å². The minimum atomic E-state index is -0.449. The van der Waals surface area contributed by atoms with Crippen LogP contribution in [0.2, 0.25) is 0 Å². The van der Waals surface area contributed by atoms with Crippen molar-refractivity contribution in [3.8, 4) is 0 Å². The highest BCUT2D eigenvalue weighted by Gasteiger charge is 2.25. The average Bonchev–Trinajstić information content (AvgIpc) is 2.54. The molecule has 1 aromatic heterocycles. The van der Waals surface area contributed by atoms with E-state index in [1.54, 1.807) is 18.7 Å². The van der Waals surface area contributed by atoms with Crippen molar-refractivity contribution in [2.75, 3.05) is 19.5 Å². The monoisotopic (exact) mass is 254 g/mol. The van der Waals surface area contributed by atoms with Gasteiger partial charge in [0.1, 0.15) is 5.69 Å². The third-order valence-electron chi connectivity index (χ3n) is 2.65. The zero-order valence-electron chi connectivity index (χ0n) is 11.7. The van der Waals surface area contributed by atoms with Crippen LogP contribution in [-0.4, -0.2) is 34.9 Å². The van der Waals surface area contributed by atoms with E-state index in [4.69, 9.17) is 10.5 Å². The Morgan fingerprint density at radius 1 is 1.56 bits per heavy atom. The predicted molar refractivity (Wildman–Crippen MR) is 70.5 cm³/mol. The van der Waals surface area contributed by atoms with E-state index in [-0.39, 0.29) is 5.91 Å². The van der Waals surface area contributed by atoms with Crippen molar-refractivity contribution >= 4 is 11.6 Å². The topological polar surface area (TPSA) is 82.2 Å². The zero-order valence-corrected chi connectivity index (χ0v) is 11.7. The Balaban J connectivity index is 2.97. The maximum Gasteiger partial charge on any atom is 0.272 e. The molecule has 0 aliphatic heterocycles. The summed E-state index contributed by atoms with van der Waals surface area (Å²) in [6.07, 6.45) is 0. The number of rotatable bonds is 5. The summed E-state index contributed by atoms with van der Waals surface area (Å²) in [5.74, 6) is -0.225. The zero-order chi connectivity index (χ0) is 13.9. The standard InChI is InChI=1S/C12H22N4O2/c1-6-16-10(9(13)8(2)15-16)11(17)14-12(3,4)7-18-5/h6-7,13H2,1-5H3,(H,14,17). The van der Waals surface area contributed by atoms with E-state index in [0.29, 0.717) is 30.2 Å². The average molecular weight is 254 g/mol. The summed E-state index contributed by atoms with van der Waals surface area (Å²) in [5, 5.41) is 7.12. The Bertz CT molecular complexity index is 438. The molecule has 0 atom stereocenters. The Kier molecular flexibility index (Phi) is 4.34. The van der Waals surface area contributed by atoms with Gasteiger partial charge in [-0.25, -0.2) is 0 Å². The highest BCUT2D eigenvalue weighted by molar-refractivity contribution is 5.98. The Morgan fingerprint density at radius 3 is 2.67 bits per heavy atom. The van der Waals surface area contributed by atoms with Crippen LogP contribution < -0.4 is 11.1 Å². The van der Waals surface area contributed by atoms with Gasteiger partial charge in [-0.1, -0.05) is 0 Å². The van der Waals surface area contributed by atoms with Crippen LogP contribution in [0.1, 0.15) is 37.0 Å². The predicted octanol–water partition coefficient (Wildman–Crippen LogP) is 0.948. The number of hydrogen-bond acceptors (Lipinski definition) is 4. The van der Waals surface area contributed by atoms with Gasteiger partial charge in [0.2, 0.25) is 0 Å². The number of carbonyl (C=O) groups excluding carboxylic acids is 1. The van der Waals surface area contributed by atoms with Gasteiger partial charge in [-0.15, -0.1) is 0 Å². The molecule has 102 valence electrons. The van der Waals surface area contributed by atoms with Crippen molar-refractivity contribution in [3.63, 3.8) is 0 Å². The number of carbonyl (C=O) groups is 1. The van der Waals surface area contributed by atoms with Crippen LogP contribution in [0.25, 0.3) is 0 Å². The van der Waals surface area contributed by atoms with E-state index in [1.165, 1.54) is 0 Å². The molecule has 0 aliphatic rings. The molecule has 1 aromatic rings. The van der Waals surface area contributed by atoms with Crippen LogP contribution in [0.4, 0.5) is 5.69 Å². The van der Waals surface area contributed by atoms with Crippen LogP contribution in [0.3, 0.4) is 0 Å². The second-order valence-corrected chi connectivity index (χ2v) is 4.93. The van der Waals surface area contributed by atoms with Crippen LogP contribution in [-0.2, 0) is 11.3 Å². The van der Waals surface area contributed by atoms with Gasteiger partial charge in [0.15, 0.2) is 0 Å². The molecule has 0 radical (unpaired) electrons. The van der Waals surface area contributed by atoms with Gasteiger partial charge in [0.25, 0.3) is 5.91 Å². The molecule has 18 heavy (non-hydrogen) atoms. The van der Waals surface area contributed by atoms with Gasteiger partial charge in [-0.05, 0) is 27.7 Å². The molecule has 6 heteroatoms. The quantitative estimate of drug-likeness (QED) is 0.819. The lowest BCUT2D eigenvalue weighted by Gasteiger charge is -2.25. The van der Waals surface area contributed by atoms with Crippen LogP contribution in [0.5, 0.6) is 0 Å². The van der Waals surface area contributed by atoms with Crippen LogP contribution >= 0.6 is 0 Å². The number of nitrogen functional groups attached to an aromatic ring is 1. The second kappa shape index (κ2) is 5.39. The summed E-state index contributed by atoms with van der Waals surface area (Å²) in [5.41, 5.74) is 6.97. The number of aromatic nitrogens is 2. The highest BCUT2D eigenvalue weighted by Crippen LogP contribution is 2.17. The third kappa shape index (κ3) is 3.01. The Hall–Kier alpha value is -1.56. The van der Waals surface area contributed by atoms with Gasteiger partial charge in [-0.3, -0.25) is 9.48 Å². The first kappa shape index (κ1) is 14.5. The van der Waals surface area contributed by atoms with Crippen molar-refractivity contribution in [1.82, 2.24) is 15.1 Å². The first-order valence-electron chi connectivity index (χ1n) is 5.96. The van der Waals surface area contributed by atoms with Crippen molar-refractivity contribution in [1.29, 1.82) is 0 Å². The number of amides is 1. The summed E-state index contributed by atoms with van der Waals surface area (Å²) < 4.78 is 6.68. The summed E-state index contributed by atoms with van der Waals surface area (Å²) in [7, 11) is 1.60. The molecule has 6 nitrogen and oxygen atoms in total. The first-order chi connectivity index (χ1) is 8.32. The lowest BCUT2D eigenvalue weighted by molar-refractivity contribution is 0.0811. The van der Waals surface area contributed by atoms with Crippen molar-refractivity contribution < 1.29 is 9.53 Å². The van der Waals surface area contributed by atoms with Gasteiger partial charge in [-0.2, -0.15) is 5.10 Å². The number of nitrogens with zero attached hydrogens (tertiary/aromatic N) is 2. The molecule has 3 N–H and O–H groups in total. The lowest BCUT2D eigenvalue weighted by Crippen LogP contribution is -2.47. The lowest BCUT2D eigenvalue weighted by atomic mass is 10.1. The number of aryl methyl sites for hydroxylation is 2. The van der Waals surface area contributed by atoms with E-state index < -0.39 is 5.54 Å². The number of nitrogens with one attached hydrogen (secondary N) is 1. The van der Waals surface area contributed by atoms with Crippen molar-refractivity contribution in [2.45, 2.75) is 39.8 Å². The first-order valence-corrected chi connectivity index (χ1v) is 5.96. The molecular weight excluding hydrogens is 232 g/mol. The minimum Gasteiger partial charge on any atom is -0.395 e. The van der Waals surface area contributed by atoms with Crippen LogP contribution in [0, 0.1) is 6.92 Å². The van der Waals surface area contributed by atoms with E-state index in [0.717, 1.165) is 0 Å². The maximum atomic E-state index is 12.2.